The molecular formula is C16H17ClF2N2O3. The molecule has 1 aromatic heterocycles. The average Bonchev–Trinajstić information content (AvgIpc) is 2.97. The molecule has 130 valence electrons. The molecule has 0 aliphatic carbocycles. The minimum absolute atomic E-state index is 0.0293. The van der Waals surface area contributed by atoms with Crippen LogP contribution >= 0.6 is 11.6 Å². The van der Waals surface area contributed by atoms with E-state index in [1.165, 1.54) is 12.1 Å². The van der Waals surface area contributed by atoms with Gasteiger partial charge in [0.05, 0.1) is 17.5 Å². The minimum Gasteiger partial charge on any atom is -0.466 e. The molecule has 1 aliphatic rings. The summed E-state index contributed by atoms with van der Waals surface area (Å²) in [4.78, 5) is 18.0. The summed E-state index contributed by atoms with van der Waals surface area (Å²) in [6, 6.07) is 2.97. The lowest BCUT2D eigenvalue weighted by Crippen LogP contribution is -2.37. The van der Waals surface area contributed by atoms with E-state index >= 15 is 0 Å². The maximum atomic E-state index is 12.9. The van der Waals surface area contributed by atoms with Gasteiger partial charge in [0.15, 0.2) is 5.58 Å². The highest BCUT2D eigenvalue weighted by molar-refractivity contribution is 6.32. The number of ether oxygens (including phenoxy) is 1. The molecule has 1 saturated heterocycles. The van der Waals surface area contributed by atoms with Gasteiger partial charge in [0.25, 0.3) is 12.4 Å². The first-order chi connectivity index (χ1) is 11.5. The van der Waals surface area contributed by atoms with E-state index in [0.717, 1.165) is 0 Å². The number of esters is 1. The van der Waals surface area contributed by atoms with Crippen molar-refractivity contribution in [2.45, 2.75) is 26.2 Å². The van der Waals surface area contributed by atoms with Crippen molar-refractivity contribution in [3.05, 3.63) is 22.7 Å². The molecule has 2 aromatic rings. The standard InChI is InChI=1S/C16H17ClF2N2O3/c1-2-23-15(22)9-3-5-21(6-4-9)16-20-12-8-11(17)10(14(18)19)7-13(12)24-16/h7-9,14H,2-6H2,1H3. The van der Waals surface area contributed by atoms with E-state index in [4.69, 9.17) is 20.8 Å². The van der Waals surface area contributed by atoms with E-state index in [1.807, 2.05) is 4.90 Å². The molecule has 0 bridgehead atoms. The number of alkyl halides is 2. The monoisotopic (exact) mass is 358 g/mol. The summed E-state index contributed by atoms with van der Waals surface area (Å²) in [7, 11) is 0. The van der Waals surface area contributed by atoms with E-state index in [1.54, 1.807) is 6.92 Å². The Labute approximate surface area is 142 Å². The molecule has 1 aliphatic heterocycles. The maximum absolute atomic E-state index is 12.9. The van der Waals surface area contributed by atoms with E-state index < -0.39 is 6.43 Å². The van der Waals surface area contributed by atoms with Crippen molar-refractivity contribution in [2.24, 2.45) is 5.92 Å². The number of rotatable bonds is 4. The molecule has 1 fully saturated rings. The van der Waals surface area contributed by atoms with E-state index in [2.05, 4.69) is 4.98 Å². The molecule has 1 aromatic carbocycles. The first-order valence-corrected chi connectivity index (χ1v) is 8.17. The Hall–Kier alpha value is -1.89. The number of aromatic nitrogens is 1. The van der Waals surface area contributed by atoms with Crippen LogP contribution in [0.5, 0.6) is 0 Å². The van der Waals surface area contributed by atoms with Gasteiger partial charge in [-0.1, -0.05) is 11.6 Å². The number of carbonyl (C=O) groups is 1. The zero-order chi connectivity index (χ0) is 17.3. The number of fused-ring (bicyclic) bond motifs is 1. The lowest BCUT2D eigenvalue weighted by molar-refractivity contribution is -0.148. The predicted octanol–water partition coefficient (Wildman–Crippen LogP) is 4.20. The number of hydrogen-bond donors (Lipinski definition) is 0. The smallest absolute Gasteiger partial charge is 0.309 e. The van der Waals surface area contributed by atoms with Crippen LogP contribution in [0.1, 0.15) is 31.8 Å². The fraction of sp³-hybridized carbons (Fsp3) is 0.500. The van der Waals surface area contributed by atoms with Crippen LogP contribution in [0.15, 0.2) is 16.5 Å². The van der Waals surface area contributed by atoms with E-state index in [9.17, 15) is 13.6 Å². The van der Waals surface area contributed by atoms with Crippen molar-refractivity contribution in [3.8, 4) is 0 Å². The van der Waals surface area contributed by atoms with Gasteiger partial charge in [-0.2, -0.15) is 4.98 Å². The fourth-order valence-corrected chi connectivity index (χ4v) is 3.06. The molecular weight excluding hydrogens is 342 g/mol. The molecule has 0 atom stereocenters. The molecule has 0 radical (unpaired) electrons. The van der Waals surface area contributed by atoms with E-state index in [0.29, 0.717) is 44.1 Å². The summed E-state index contributed by atoms with van der Waals surface area (Å²) in [5, 5.41) is -0.0293. The maximum Gasteiger partial charge on any atom is 0.309 e. The Morgan fingerprint density at radius 2 is 2.17 bits per heavy atom. The number of hydrogen-bond acceptors (Lipinski definition) is 5. The third-order valence-corrected chi connectivity index (χ3v) is 4.44. The Kier molecular flexibility index (Phi) is 4.89. The largest absolute Gasteiger partial charge is 0.466 e. The van der Waals surface area contributed by atoms with Crippen molar-refractivity contribution in [3.63, 3.8) is 0 Å². The molecule has 0 amide bonds. The van der Waals surface area contributed by atoms with Crippen LogP contribution in [0, 0.1) is 5.92 Å². The van der Waals surface area contributed by atoms with Gasteiger partial charge in [0.2, 0.25) is 0 Å². The zero-order valence-electron chi connectivity index (χ0n) is 13.1. The zero-order valence-corrected chi connectivity index (χ0v) is 13.9. The van der Waals surface area contributed by atoms with Crippen LogP contribution in [-0.4, -0.2) is 30.6 Å². The Morgan fingerprint density at radius 1 is 1.46 bits per heavy atom. The first-order valence-electron chi connectivity index (χ1n) is 7.79. The van der Waals surface area contributed by atoms with Crippen LogP contribution in [0.25, 0.3) is 11.1 Å². The van der Waals surface area contributed by atoms with Gasteiger partial charge in [0.1, 0.15) is 5.52 Å². The Balaban J connectivity index is 1.75. The highest BCUT2D eigenvalue weighted by Crippen LogP contribution is 2.33. The first kappa shape index (κ1) is 17.0. The summed E-state index contributed by atoms with van der Waals surface area (Å²) in [6.45, 7) is 3.33. The van der Waals surface area contributed by atoms with Crippen molar-refractivity contribution < 1.29 is 22.7 Å². The van der Waals surface area contributed by atoms with Crippen LogP contribution in [0.2, 0.25) is 5.02 Å². The van der Waals surface area contributed by atoms with Crippen molar-refractivity contribution >= 4 is 34.7 Å². The summed E-state index contributed by atoms with van der Waals surface area (Å²) in [5.41, 5.74) is 0.442. The number of benzene rings is 1. The summed E-state index contributed by atoms with van der Waals surface area (Å²) >= 11 is 5.85. The second-order valence-corrected chi connectivity index (χ2v) is 6.06. The Morgan fingerprint density at radius 3 is 2.79 bits per heavy atom. The summed E-state index contributed by atoms with van der Waals surface area (Å²) in [5.74, 6) is -0.298. The highest BCUT2D eigenvalue weighted by atomic mass is 35.5. The molecule has 0 unspecified atom stereocenters. The van der Waals surface area contributed by atoms with Gasteiger partial charge < -0.3 is 14.1 Å². The number of carbonyl (C=O) groups excluding carboxylic acids is 1. The van der Waals surface area contributed by atoms with Gasteiger partial charge >= 0.3 is 5.97 Å². The van der Waals surface area contributed by atoms with Crippen LogP contribution < -0.4 is 4.90 Å². The normalized spacial score (nSPS) is 16.1. The quantitative estimate of drug-likeness (QED) is 0.767. The third kappa shape index (κ3) is 3.31. The van der Waals surface area contributed by atoms with E-state index in [-0.39, 0.29) is 28.1 Å². The molecule has 8 heteroatoms. The minimum atomic E-state index is -2.67. The second kappa shape index (κ2) is 6.93. The molecule has 0 saturated carbocycles. The van der Waals surface area contributed by atoms with Crippen molar-refractivity contribution in [2.75, 3.05) is 24.6 Å². The number of oxazole rings is 1. The van der Waals surface area contributed by atoms with Gasteiger partial charge in [-0.3, -0.25) is 4.79 Å². The fourth-order valence-electron chi connectivity index (χ4n) is 2.82. The predicted molar refractivity (Wildman–Crippen MR) is 85.5 cm³/mol. The van der Waals surface area contributed by atoms with Crippen LogP contribution in [-0.2, 0) is 9.53 Å². The molecule has 0 spiro atoms. The molecule has 5 nitrogen and oxygen atoms in total. The number of nitrogens with zero attached hydrogens (tertiary/aromatic N) is 2. The number of halogens is 3. The summed E-state index contributed by atoms with van der Waals surface area (Å²) in [6.07, 6.45) is -1.39. The van der Waals surface area contributed by atoms with Gasteiger partial charge in [0, 0.05) is 18.7 Å². The van der Waals surface area contributed by atoms with Crippen LogP contribution in [0.3, 0.4) is 0 Å². The lowest BCUT2D eigenvalue weighted by Gasteiger charge is -2.29. The molecule has 2 heterocycles. The van der Waals surface area contributed by atoms with Crippen molar-refractivity contribution in [1.29, 1.82) is 0 Å². The van der Waals surface area contributed by atoms with Gasteiger partial charge in [-0.05, 0) is 31.9 Å². The summed E-state index contributed by atoms with van der Waals surface area (Å²) < 4.78 is 36.4. The Bertz CT molecular complexity index is 742. The topological polar surface area (TPSA) is 55.6 Å². The number of piperidine rings is 1. The lowest BCUT2D eigenvalue weighted by atomic mass is 9.97. The SMILES string of the molecule is CCOC(=O)C1CCN(c2nc3cc(Cl)c(C(F)F)cc3o2)CC1. The van der Waals surface area contributed by atoms with Crippen molar-refractivity contribution in [1.82, 2.24) is 4.98 Å². The van der Waals surface area contributed by atoms with Gasteiger partial charge in [-0.25, -0.2) is 8.78 Å². The molecule has 24 heavy (non-hydrogen) atoms. The molecule has 3 rings (SSSR count). The van der Waals surface area contributed by atoms with Gasteiger partial charge in [-0.15, -0.1) is 0 Å². The molecule has 0 N–H and O–H groups in total. The highest BCUT2D eigenvalue weighted by Gasteiger charge is 2.28. The van der Waals surface area contributed by atoms with Crippen LogP contribution in [0.4, 0.5) is 14.8 Å². The number of anilines is 1. The average molecular weight is 359 g/mol. The third-order valence-electron chi connectivity index (χ3n) is 4.12. The second-order valence-electron chi connectivity index (χ2n) is 5.65.